The van der Waals surface area contributed by atoms with Gasteiger partial charge in [-0.3, -0.25) is 9.48 Å². The van der Waals surface area contributed by atoms with Crippen LogP contribution in [0.3, 0.4) is 0 Å². The second-order valence-corrected chi connectivity index (χ2v) is 6.27. The Kier molecular flexibility index (Phi) is 4.94. The van der Waals surface area contributed by atoms with Gasteiger partial charge >= 0.3 is 0 Å². The molecule has 0 bridgehead atoms. The minimum Gasteiger partial charge on any atom is -0.298 e. The van der Waals surface area contributed by atoms with Crippen molar-refractivity contribution in [3.05, 3.63) is 41.6 Å². The molecule has 0 aliphatic rings. The van der Waals surface area contributed by atoms with Crippen LogP contribution in [0.15, 0.2) is 30.5 Å². The summed E-state index contributed by atoms with van der Waals surface area (Å²) in [5.74, 6) is 1.14. The van der Waals surface area contributed by atoms with Gasteiger partial charge in [-0.25, -0.2) is 0 Å². The van der Waals surface area contributed by atoms with Crippen LogP contribution in [0.25, 0.3) is 11.3 Å². The highest BCUT2D eigenvalue weighted by Crippen LogP contribution is 2.24. The third-order valence-corrected chi connectivity index (χ3v) is 3.70. The Morgan fingerprint density at radius 2 is 1.81 bits per heavy atom. The number of nitrogens with zero attached hydrogens (tertiary/aromatic N) is 2. The molecule has 0 spiro atoms. The van der Waals surface area contributed by atoms with Crippen molar-refractivity contribution in [2.45, 2.75) is 46.6 Å². The summed E-state index contributed by atoms with van der Waals surface area (Å²) in [4.78, 5) is 11.3. The summed E-state index contributed by atoms with van der Waals surface area (Å²) in [6.07, 6.45) is 3.80. The van der Waals surface area contributed by atoms with E-state index in [1.54, 1.807) is 0 Å². The van der Waals surface area contributed by atoms with Gasteiger partial charge < -0.3 is 0 Å². The number of hydrogen-bond donors (Lipinski definition) is 0. The number of hydrogen-bond acceptors (Lipinski definition) is 2. The van der Waals surface area contributed by atoms with E-state index >= 15 is 0 Å². The lowest BCUT2D eigenvalue weighted by Gasteiger charge is -2.06. The second kappa shape index (κ2) is 6.70. The predicted octanol–water partition coefficient (Wildman–Crippen LogP) is 4.53. The first kappa shape index (κ1) is 15.5. The fraction of sp³-hybridized carbons (Fsp3) is 0.444. The van der Waals surface area contributed by atoms with Crippen LogP contribution in [0, 0.1) is 5.92 Å². The highest BCUT2D eigenvalue weighted by atomic mass is 16.1. The minimum atomic E-state index is 0.508. The third-order valence-electron chi connectivity index (χ3n) is 3.70. The highest BCUT2D eigenvalue weighted by Gasteiger charge is 2.11. The molecule has 1 aromatic carbocycles. The van der Waals surface area contributed by atoms with E-state index in [1.165, 1.54) is 5.56 Å². The monoisotopic (exact) mass is 284 g/mol. The first-order chi connectivity index (χ1) is 10.0. The van der Waals surface area contributed by atoms with Gasteiger partial charge in [0.05, 0.1) is 5.56 Å². The molecule has 3 nitrogen and oxygen atoms in total. The van der Waals surface area contributed by atoms with Gasteiger partial charge in [-0.1, -0.05) is 52.0 Å². The zero-order valence-electron chi connectivity index (χ0n) is 13.3. The van der Waals surface area contributed by atoms with E-state index in [0.717, 1.165) is 30.5 Å². The number of carbonyl (C=O) groups excluding carboxylic acids is 1. The van der Waals surface area contributed by atoms with E-state index in [0.29, 0.717) is 17.4 Å². The summed E-state index contributed by atoms with van der Waals surface area (Å²) in [6.45, 7) is 9.58. The Balaban J connectivity index is 2.27. The third kappa shape index (κ3) is 3.81. The molecule has 0 radical (unpaired) electrons. The van der Waals surface area contributed by atoms with E-state index in [1.807, 2.05) is 10.9 Å². The quantitative estimate of drug-likeness (QED) is 0.730. The lowest BCUT2D eigenvalue weighted by molar-refractivity contribution is 0.112. The SMILES string of the molecule is CC(C)CCn1cc(C=O)c(-c2ccc(C(C)C)cc2)n1. The Hall–Kier alpha value is -1.90. The van der Waals surface area contributed by atoms with Gasteiger partial charge in [0, 0.05) is 18.3 Å². The molecule has 0 saturated heterocycles. The van der Waals surface area contributed by atoms with Crippen molar-refractivity contribution in [2.75, 3.05) is 0 Å². The summed E-state index contributed by atoms with van der Waals surface area (Å²) < 4.78 is 1.88. The van der Waals surface area contributed by atoms with Crippen LogP contribution < -0.4 is 0 Å². The van der Waals surface area contributed by atoms with E-state index in [9.17, 15) is 4.79 Å². The molecule has 3 heteroatoms. The molecule has 2 rings (SSSR count). The topological polar surface area (TPSA) is 34.9 Å². The number of aldehydes is 1. The Morgan fingerprint density at radius 1 is 1.14 bits per heavy atom. The van der Waals surface area contributed by atoms with Crippen molar-refractivity contribution >= 4 is 6.29 Å². The predicted molar refractivity (Wildman–Crippen MR) is 86.6 cm³/mol. The van der Waals surface area contributed by atoms with Crippen LogP contribution in [-0.4, -0.2) is 16.1 Å². The Labute approximate surface area is 127 Å². The molecule has 0 N–H and O–H groups in total. The number of aryl methyl sites for hydroxylation is 1. The lowest BCUT2D eigenvalue weighted by atomic mass is 10.00. The van der Waals surface area contributed by atoms with Gasteiger partial charge in [-0.05, 0) is 23.8 Å². The average Bonchev–Trinajstić information content (AvgIpc) is 2.88. The molecule has 1 aromatic heterocycles. The Bertz CT molecular complexity index is 594. The van der Waals surface area contributed by atoms with Crippen molar-refractivity contribution in [2.24, 2.45) is 5.92 Å². The van der Waals surface area contributed by atoms with Crippen molar-refractivity contribution in [3.8, 4) is 11.3 Å². The molecule has 112 valence electrons. The number of aromatic nitrogens is 2. The van der Waals surface area contributed by atoms with E-state index in [4.69, 9.17) is 0 Å². The summed E-state index contributed by atoms with van der Waals surface area (Å²) >= 11 is 0. The molecular weight excluding hydrogens is 260 g/mol. The van der Waals surface area contributed by atoms with Crippen molar-refractivity contribution in [1.29, 1.82) is 0 Å². The fourth-order valence-corrected chi connectivity index (χ4v) is 2.28. The zero-order valence-corrected chi connectivity index (χ0v) is 13.3. The molecule has 0 amide bonds. The van der Waals surface area contributed by atoms with Gasteiger partial charge in [-0.15, -0.1) is 0 Å². The summed E-state index contributed by atoms with van der Waals surface area (Å²) in [7, 11) is 0. The van der Waals surface area contributed by atoms with E-state index in [2.05, 4.69) is 57.1 Å². The van der Waals surface area contributed by atoms with Crippen LogP contribution in [-0.2, 0) is 6.54 Å². The molecule has 0 aliphatic carbocycles. The number of rotatable bonds is 6. The smallest absolute Gasteiger partial charge is 0.153 e. The second-order valence-electron chi connectivity index (χ2n) is 6.27. The maximum atomic E-state index is 11.3. The summed E-state index contributed by atoms with van der Waals surface area (Å²) in [5.41, 5.74) is 3.75. The van der Waals surface area contributed by atoms with E-state index in [-0.39, 0.29) is 0 Å². The van der Waals surface area contributed by atoms with Gasteiger partial charge in [-0.2, -0.15) is 5.10 Å². The lowest BCUT2D eigenvalue weighted by Crippen LogP contribution is -2.02. The van der Waals surface area contributed by atoms with Crippen LogP contribution >= 0.6 is 0 Å². The fourth-order valence-electron chi connectivity index (χ4n) is 2.28. The average molecular weight is 284 g/mol. The van der Waals surface area contributed by atoms with Crippen molar-refractivity contribution < 1.29 is 4.79 Å². The molecular formula is C18H24N2O. The maximum absolute atomic E-state index is 11.3. The largest absolute Gasteiger partial charge is 0.298 e. The first-order valence-electron chi connectivity index (χ1n) is 7.64. The minimum absolute atomic E-state index is 0.508. The normalized spacial score (nSPS) is 11.3. The molecule has 0 saturated carbocycles. The molecule has 2 aromatic rings. The zero-order chi connectivity index (χ0) is 15.4. The summed E-state index contributed by atoms with van der Waals surface area (Å²) in [6, 6.07) is 8.33. The van der Waals surface area contributed by atoms with Gasteiger partial charge in [0.25, 0.3) is 0 Å². The highest BCUT2D eigenvalue weighted by molar-refractivity contribution is 5.85. The molecule has 0 unspecified atom stereocenters. The number of benzene rings is 1. The molecule has 0 aliphatic heterocycles. The molecule has 0 atom stereocenters. The van der Waals surface area contributed by atoms with Crippen molar-refractivity contribution in [3.63, 3.8) is 0 Å². The van der Waals surface area contributed by atoms with Crippen LogP contribution in [0.2, 0.25) is 0 Å². The molecule has 21 heavy (non-hydrogen) atoms. The standard InChI is InChI=1S/C18H24N2O/c1-13(2)9-10-20-11-17(12-21)18(19-20)16-7-5-15(6-8-16)14(3)4/h5-8,11-14H,9-10H2,1-4H3. The maximum Gasteiger partial charge on any atom is 0.153 e. The molecule has 0 fully saturated rings. The molecule has 1 heterocycles. The van der Waals surface area contributed by atoms with E-state index < -0.39 is 0 Å². The van der Waals surface area contributed by atoms with Gasteiger partial charge in [0.15, 0.2) is 6.29 Å². The van der Waals surface area contributed by atoms with Crippen LogP contribution in [0.4, 0.5) is 0 Å². The van der Waals surface area contributed by atoms with Gasteiger partial charge in [0.1, 0.15) is 5.69 Å². The van der Waals surface area contributed by atoms with Crippen LogP contribution in [0.5, 0.6) is 0 Å². The summed E-state index contributed by atoms with van der Waals surface area (Å²) in [5, 5.41) is 4.58. The van der Waals surface area contributed by atoms with Crippen LogP contribution in [0.1, 0.15) is 56.0 Å². The number of carbonyl (C=O) groups is 1. The van der Waals surface area contributed by atoms with Gasteiger partial charge in [0.2, 0.25) is 0 Å². The first-order valence-corrected chi connectivity index (χ1v) is 7.64. The Morgan fingerprint density at radius 3 is 2.33 bits per heavy atom. The van der Waals surface area contributed by atoms with Crippen molar-refractivity contribution in [1.82, 2.24) is 9.78 Å².